The molecule has 0 spiro atoms. The number of rotatable bonds is 6. The van der Waals surface area contributed by atoms with Crippen LogP contribution < -0.4 is 5.32 Å². The lowest BCUT2D eigenvalue weighted by Gasteiger charge is -2.15. The SMILES string of the molecule is CCCCN1C(=O)C(=O)N(CC(=O)Nc2ccc(I)cc2)C1=O. The van der Waals surface area contributed by atoms with Crippen LogP contribution >= 0.6 is 22.6 Å². The second kappa shape index (κ2) is 7.53. The largest absolute Gasteiger partial charge is 0.334 e. The quantitative estimate of drug-likeness (QED) is 0.425. The van der Waals surface area contributed by atoms with Gasteiger partial charge >= 0.3 is 17.8 Å². The first kappa shape index (κ1) is 17.4. The van der Waals surface area contributed by atoms with Crippen molar-refractivity contribution in [2.75, 3.05) is 18.4 Å². The number of anilines is 1. The standard InChI is InChI=1S/C15H16IN3O4/c1-2-3-8-18-13(21)14(22)19(15(18)23)9-12(20)17-11-6-4-10(16)5-7-11/h4-7H,2-3,8-9H2,1H3,(H,17,20). The molecular weight excluding hydrogens is 413 g/mol. The molecule has 0 radical (unpaired) electrons. The fourth-order valence-electron chi connectivity index (χ4n) is 2.08. The Kier molecular flexibility index (Phi) is 5.69. The molecule has 1 aromatic carbocycles. The minimum Gasteiger partial charge on any atom is -0.325 e. The highest BCUT2D eigenvalue weighted by atomic mass is 127. The number of carbonyl (C=O) groups excluding carboxylic acids is 4. The van der Waals surface area contributed by atoms with E-state index in [0.29, 0.717) is 17.0 Å². The molecule has 8 heteroatoms. The van der Waals surface area contributed by atoms with Gasteiger partial charge in [0.1, 0.15) is 6.54 Å². The van der Waals surface area contributed by atoms with E-state index in [4.69, 9.17) is 0 Å². The van der Waals surface area contributed by atoms with Gasteiger partial charge in [-0.1, -0.05) is 13.3 Å². The van der Waals surface area contributed by atoms with E-state index in [-0.39, 0.29) is 6.54 Å². The Morgan fingerprint density at radius 3 is 2.30 bits per heavy atom. The van der Waals surface area contributed by atoms with Gasteiger partial charge in [-0.3, -0.25) is 19.3 Å². The van der Waals surface area contributed by atoms with Crippen LogP contribution in [-0.2, 0) is 14.4 Å². The van der Waals surface area contributed by atoms with Gasteiger partial charge in [0.15, 0.2) is 0 Å². The summed E-state index contributed by atoms with van der Waals surface area (Å²) in [6, 6.07) is 6.33. The van der Waals surface area contributed by atoms with Gasteiger partial charge in [0.2, 0.25) is 5.91 Å². The minimum absolute atomic E-state index is 0.190. The second-order valence-electron chi connectivity index (χ2n) is 5.04. The van der Waals surface area contributed by atoms with E-state index >= 15 is 0 Å². The molecule has 122 valence electrons. The molecule has 1 aliphatic rings. The van der Waals surface area contributed by atoms with E-state index in [1.807, 2.05) is 19.1 Å². The summed E-state index contributed by atoms with van der Waals surface area (Å²) in [5, 5.41) is 2.59. The Labute approximate surface area is 147 Å². The summed E-state index contributed by atoms with van der Waals surface area (Å²) in [7, 11) is 0. The molecule has 0 atom stereocenters. The van der Waals surface area contributed by atoms with Gasteiger partial charge in [-0.25, -0.2) is 9.69 Å². The number of halogens is 1. The molecule has 0 aromatic heterocycles. The fraction of sp³-hybridized carbons (Fsp3) is 0.333. The van der Waals surface area contributed by atoms with Crippen LogP contribution in [-0.4, -0.2) is 46.6 Å². The number of amides is 5. The van der Waals surface area contributed by atoms with Crippen LogP contribution in [0.4, 0.5) is 10.5 Å². The maximum Gasteiger partial charge on any atom is 0.334 e. The molecule has 2 rings (SSSR count). The average molecular weight is 429 g/mol. The normalized spacial score (nSPS) is 14.6. The van der Waals surface area contributed by atoms with Gasteiger partial charge in [0, 0.05) is 15.8 Å². The first-order chi connectivity index (χ1) is 10.9. The summed E-state index contributed by atoms with van der Waals surface area (Å²) < 4.78 is 1.02. The molecule has 5 amide bonds. The number of imide groups is 2. The van der Waals surface area contributed by atoms with Crippen molar-refractivity contribution in [1.29, 1.82) is 0 Å². The lowest BCUT2D eigenvalue weighted by atomic mass is 10.3. The average Bonchev–Trinajstić information content (AvgIpc) is 2.72. The van der Waals surface area contributed by atoms with Crippen LogP contribution in [0, 0.1) is 3.57 Å². The third-order valence-electron chi connectivity index (χ3n) is 3.30. The number of nitrogens with one attached hydrogen (secondary N) is 1. The molecular formula is C15H16IN3O4. The molecule has 0 bridgehead atoms. The van der Waals surface area contributed by atoms with E-state index in [9.17, 15) is 19.2 Å². The molecule has 0 aliphatic carbocycles. The van der Waals surface area contributed by atoms with Crippen molar-refractivity contribution in [2.45, 2.75) is 19.8 Å². The predicted octanol–water partition coefficient (Wildman–Crippen LogP) is 1.82. The summed E-state index contributed by atoms with van der Waals surface area (Å²) in [5.74, 6) is -2.35. The zero-order chi connectivity index (χ0) is 17.0. The first-order valence-electron chi connectivity index (χ1n) is 7.16. The number of unbranched alkanes of at least 4 members (excludes halogenated alkanes) is 1. The first-order valence-corrected chi connectivity index (χ1v) is 8.24. The van der Waals surface area contributed by atoms with Crippen LogP contribution in [0.1, 0.15) is 19.8 Å². The number of carbonyl (C=O) groups is 4. The highest BCUT2D eigenvalue weighted by Gasteiger charge is 2.44. The van der Waals surface area contributed by atoms with Crippen LogP contribution in [0.2, 0.25) is 0 Å². The smallest absolute Gasteiger partial charge is 0.325 e. The van der Waals surface area contributed by atoms with Crippen molar-refractivity contribution in [3.63, 3.8) is 0 Å². The highest BCUT2D eigenvalue weighted by molar-refractivity contribution is 14.1. The van der Waals surface area contributed by atoms with Crippen molar-refractivity contribution in [3.8, 4) is 0 Å². The number of benzene rings is 1. The van der Waals surface area contributed by atoms with Crippen molar-refractivity contribution in [1.82, 2.24) is 9.80 Å². The Morgan fingerprint density at radius 2 is 1.70 bits per heavy atom. The van der Waals surface area contributed by atoms with Gasteiger partial charge in [0.05, 0.1) is 0 Å². The Balaban J connectivity index is 2.00. The van der Waals surface area contributed by atoms with Crippen molar-refractivity contribution < 1.29 is 19.2 Å². The summed E-state index contributed by atoms with van der Waals surface area (Å²) in [6.45, 7) is 1.63. The molecule has 23 heavy (non-hydrogen) atoms. The summed E-state index contributed by atoms with van der Waals surface area (Å²) in [5.41, 5.74) is 0.559. The zero-order valence-corrected chi connectivity index (χ0v) is 14.7. The Bertz CT molecular complexity index is 645. The number of hydrogen-bond donors (Lipinski definition) is 1. The molecule has 1 N–H and O–H groups in total. The third-order valence-corrected chi connectivity index (χ3v) is 4.02. The summed E-state index contributed by atoms with van der Waals surface area (Å²) in [6.07, 6.45) is 1.41. The number of nitrogens with zero attached hydrogens (tertiary/aromatic N) is 2. The van der Waals surface area contributed by atoms with Gasteiger partial charge in [0.25, 0.3) is 0 Å². The zero-order valence-electron chi connectivity index (χ0n) is 12.5. The summed E-state index contributed by atoms with van der Waals surface area (Å²) in [4.78, 5) is 49.3. The molecule has 1 fully saturated rings. The molecule has 1 heterocycles. The van der Waals surface area contributed by atoms with E-state index < -0.39 is 30.3 Å². The summed E-state index contributed by atoms with van der Waals surface area (Å²) >= 11 is 2.14. The monoisotopic (exact) mass is 429 g/mol. The molecule has 1 saturated heterocycles. The molecule has 0 unspecified atom stereocenters. The maximum atomic E-state index is 12.1. The Hall–Kier alpha value is -1.97. The van der Waals surface area contributed by atoms with Gasteiger partial charge in [-0.15, -0.1) is 0 Å². The van der Waals surface area contributed by atoms with Crippen LogP contribution in [0.3, 0.4) is 0 Å². The van der Waals surface area contributed by atoms with Gasteiger partial charge in [-0.2, -0.15) is 0 Å². The van der Waals surface area contributed by atoms with Crippen LogP contribution in [0.25, 0.3) is 0 Å². The second-order valence-corrected chi connectivity index (χ2v) is 6.28. The topological polar surface area (TPSA) is 86.8 Å². The van der Waals surface area contributed by atoms with E-state index in [1.54, 1.807) is 12.1 Å². The van der Waals surface area contributed by atoms with Crippen molar-refractivity contribution in [2.24, 2.45) is 0 Å². The molecule has 7 nitrogen and oxygen atoms in total. The van der Waals surface area contributed by atoms with Crippen LogP contribution in [0.15, 0.2) is 24.3 Å². The molecule has 0 saturated carbocycles. The van der Waals surface area contributed by atoms with Crippen molar-refractivity contribution >= 4 is 52.0 Å². The maximum absolute atomic E-state index is 12.1. The minimum atomic E-state index is -0.955. The number of hydrogen-bond acceptors (Lipinski definition) is 4. The third kappa shape index (κ3) is 4.06. The Morgan fingerprint density at radius 1 is 1.09 bits per heavy atom. The lowest BCUT2D eigenvalue weighted by molar-refractivity contribution is -0.143. The lowest BCUT2D eigenvalue weighted by Crippen LogP contribution is -2.39. The predicted molar refractivity (Wildman–Crippen MR) is 91.5 cm³/mol. The van der Waals surface area contributed by atoms with Gasteiger partial charge in [-0.05, 0) is 53.3 Å². The van der Waals surface area contributed by atoms with E-state index in [2.05, 4.69) is 27.9 Å². The van der Waals surface area contributed by atoms with Crippen LogP contribution in [0.5, 0.6) is 0 Å². The van der Waals surface area contributed by atoms with Crippen molar-refractivity contribution in [3.05, 3.63) is 27.8 Å². The van der Waals surface area contributed by atoms with E-state index in [1.165, 1.54) is 0 Å². The van der Waals surface area contributed by atoms with Gasteiger partial charge < -0.3 is 5.32 Å². The fourth-order valence-corrected chi connectivity index (χ4v) is 2.44. The highest BCUT2D eigenvalue weighted by Crippen LogP contribution is 2.14. The molecule has 1 aromatic rings. The van der Waals surface area contributed by atoms with E-state index in [0.717, 1.165) is 14.9 Å². The molecule has 1 aliphatic heterocycles. The number of urea groups is 1.